The maximum atomic E-state index is 11.5. The monoisotopic (exact) mass is 352 g/mol. The second kappa shape index (κ2) is 7.08. The fourth-order valence-electron chi connectivity index (χ4n) is 1.20. The minimum Gasteiger partial charge on any atom is -0.480 e. The highest BCUT2D eigenvalue weighted by Crippen LogP contribution is 2.27. The Kier molecular flexibility index (Phi) is 5.42. The van der Waals surface area contributed by atoms with E-state index in [2.05, 4.69) is 9.59 Å². The Morgan fingerprint density at radius 3 is 2.75 bits per heavy atom. The first-order chi connectivity index (χ1) is 9.56. The molecule has 0 fully saturated rings. The van der Waals surface area contributed by atoms with Crippen molar-refractivity contribution in [3.05, 3.63) is 38.3 Å². The van der Waals surface area contributed by atoms with Gasteiger partial charge in [-0.25, -0.2) is 4.79 Å². The van der Waals surface area contributed by atoms with Gasteiger partial charge in [-0.3, -0.25) is 0 Å². The van der Waals surface area contributed by atoms with Crippen LogP contribution in [0.1, 0.15) is 5.69 Å². The molecule has 0 aliphatic carbocycles. The molecule has 2 aromatic rings. The van der Waals surface area contributed by atoms with Crippen molar-refractivity contribution in [3.8, 4) is 5.75 Å². The summed E-state index contributed by atoms with van der Waals surface area (Å²) < 4.78 is 14.2. The summed E-state index contributed by atoms with van der Waals surface area (Å²) in [7, 11) is 0. The number of carbonyl (C=O) groups excluding carboxylic acids is 1. The molecule has 1 aromatic carbocycles. The third kappa shape index (κ3) is 4.21. The first kappa shape index (κ1) is 15.3. The van der Waals surface area contributed by atoms with E-state index in [4.69, 9.17) is 44.3 Å². The average molecular weight is 354 g/mol. The quantitative estimate of drug-likeness (QED) is 0.768. The van der Waals surface area contributed by atoms with Gasteiger partial charge >= 0.3 is 5.97 Å². The summed E-state index contributed by atoms with van der Waals surface area (Å²) in [4.78, 5) is 11.5. The van der Waals surface area contributed by atoms with Crippen LogP contribution in [-0.2, 0) is 16.1 Å². The smallest absolute Gasteiger partial charge is 0.344 e. The van der Waals surface area contributed by atoms with Gasteiger partial charge in [0.15, 0.2) is 6.61 Å². The largest absolute Gasteiger partial charge is 0.480 e. The Morgan fingerprint density at radius 2 is 2.10 bits per heavy atom. The SMILES string of the molecule is O=C(COc1ccc(Cl)cc1Cl)OCc1nnsc1Cl. The Bertz CT molecular complexity index is 621. The number of halogens is 3. The lowest BCUT2D eigenvalue weighted by Crippen LogP contribution is -2.15. The van der Waals surface area contributed by atoms with E-state index in [-0.39, 0.29) is 13.2 Å². The van der Waals surface area contributed by atoms with Gasteiger partial charge < -0.3 is 9.47 Å². The van der Waals surface area contributed by atoms with Crippen LogP contribution in [0.25, 0.3) is 0 Å². The van der Waals surface area contributed by atoms with Crippen molar-refractivity contribution < 1.29 is 14.3 Å². The number of hydrogen-bond acceptors (Lipinski definition) is 6. The van der Waals surface area contributed by atoms with E-state index in [0.717, 1.165) is 11.5 Å². The van der Waals surface area contributed by atoms with Gasteiger partial charge in [0, 0.05) is 16.6 Å². The zero-order valence-corrected chi connectivity index (χ0v) is 12.9. The normalized spacial score (nSPS) is 10.3. The summed E-state index contributed by atoms with van der Waals surface area (Å²) in [5.74, 6) is -0.221. The van der Waals surface area contributed by atoms with E-state index >= 15 is 0 Å². The summed E-state index contributed by atoms with van der Waals surface area (Å²) >= 11 is 18.4. The average Bonchev–Trinajstić information content (AvgIpc) is 2.81. The predicted molar refractivity (Wildman–Crippen MR) is 76.7 cm³/mol. The Hall–Kier alpha value is -1.08. The highest BCUT2D eigenvalue weighted by molar-refractivity contribution is 7.10. The van der Waals surface area contributed by atoms with Crippen molar-refractivity contribution in [1.29, 1.82) is 0 Å². The summed E-state index contributed by atoms with van der Waals surface area (Å²) in [6, 6.07) is 4.69. The predicted octanol–water partition coefficient (Wildman–Crippen LogP) is 3.62. The molecule has 1 aromatic heterocycles. The van der Waals surface area contributed by atoms with Crippen LogP contribution in [0.4, 0.5) is 0 Å². The van der Waals surface area contributed by atoms with E-state index < -0.39 is 5.97 Å². The number of hydrogen-bond donors (Lipinski definition) is 0. The van der Waals surface area contributed by atoms with Crippen LogP contribution >= 0.6 is 46.3 Å². The summed E-state index contributed by atoms with van der Waals surface area (Å²) in [5, 5.41) is 4.51. The number of esters is 1. The lowest BCUT2D eigenvalue weighted by molar-refractivity contribution is -0.147. The molecule has 106 valence electrons. The maximum absolute atomic E-state index is 11.5. The Morgan fingerprint density at radius 1 is 1.30 bits per heavy atom. The Labute approximate surface area is 133 Å². The van der Waals surface area contributed by atoms with Gasteiger partial charge in [0.25, 0.3) is 0 Å². The first-order valence-corrected chi connectivity index (χ1v) is 7.17. The standard InChI is InChI=1S/C11H7Cl3N2O3S/c12-6-1-2-9(7(13)3-6)18-5-10(17)19-4-8-11(14)20-16-15-8/h1-3H,4-5H2. The van der Waals surface area contributed by atoms with Crippen molar-refractivity contribution in [3.63, 3.8) is 0 Å². The lowest BCUT2D eigenvalue weighted by Gasteiger charge is -2.07. The molecular weight excluding hydrogens is 347 g/mol. The van der Waals surface area contributed by atoms with Gasteiger partial charge in [-0.1, -0.05) is 39.3 Å². The summed E-state index contributed by atoms with van der Waals surface area (Å²) in [6.45, 7) is -0.331. The number of nitrogens with zero attached hydrogens (tertiary/aromatic N) is 2. The van der Waals surface area contributed by atoms with Crippen LogP contribution in [0.3, 0.4) is 0 Å². The number of rotatable bonds is 5. The fourth-order valence-corrected chi connectivity index (χ4v) is 2.27. The number of aromatic nitrogens is 2. The van der Waals surface area contributed by atoms with Crippen molar-refractivity contribution in [2.75, 3.05) is 6.61 Å². The molecule has 0 saturated heterocycles. The van der Waals surface area contributed by atoms with E-state index in [0.29, 0.717) is 25.8 Å². The molecule has 0 atom stereocenters. The third-order valence-electron chi connectivity index (χ3n) is 2.12. The van der Waals surface area contributed by atoms with Crippen LogP contribution in [-0.4, -0.2) is 22.2 Å². The zero-order valence-electron chi connectivity index (χ0n) is 9.81. The lowest BCUT2D eigenvalue weighted by atomic mass is 10.3. The van der Waals surface area contributed by atoms with Gasteiger partial charge in [-0.2, -0.15) is 0 Å². The molecular formula is C11H7Cl3N2O3S. The second-order valence-corrected chi connectivity index (χ2v) is 5.72. The van der Waals surface area contributed by atoms with Gasteiger partial charge in [0.2, 0.25) is 0 Å². The molecule has 0 saturated carbocycles. The number of ether oxygens (including phenoxy) is 2. The molecule has 0 aliphatic heterocycles. The number of carbonyl (C=O) groups is 1. The highest BCUT2D eigenvalue weighted by atomic mass is 35.5. The molecule has 0 unspecified atom stereocenters. The van der Waals surface area contributed by atoms with Crippen LogP contribution in [0, 0.1) is 0 Å². The van der Waals surface area contributed by atoms with Crippen LogP contribution < -0.4 is 4.74 Å². The maximum Gasteiger partial charge on any atom is 0.344 e. The topological polar surface area (TPSA) is 61.3 Å². The van der Waals surface area contributed by atoms with Crippen molar-refractivity contribution in [2.24, 2.45) is 0 Å². The van der Waals surface area contributed by atoms with Gasteiger partial charge in [0.1, 0.15) is 22.4 Å². The molecule has 0 N–H and O–H groups in total. The number of benzene rings is 1. The molecule has 2 rings (SSSR count). The molecule has 1 heterocycles. The van der Waals surface area contributed by atoms with E-state index in [9.17, 15) is 4.79 Å². The van der Waals surface area contributed by atoms with E-state index in [1.807, 2.05) is 0 Å². The van der Waals surface area contributed by atoms with Crippen molar-refractivity contribution in [2.45, 2.75) is 6.61 Å². The molecule has 0 radical (unpaired) electrons. The zero-order chi connectivity index (χ0) is 14.5. The van der Waals surface area contributed by atoms with Crippen LogP contribution in [0.5, 0.6) is 5.75 Å². The van der Waals surface area contributed by atoms with Gasteiger partial charge in [0.05, 0.1) is 5.02 Å². The molecule has 9 heteroatoms. The molecule has 20 heavy (non-hydrogen) atoms. The van der Waals surface area contributed by atoms with E-state index in [1.165, 1.54) is 6.07 Å². The van der Waals surface area contributed by atoms with Gasteiger partial charge in [-0.05, 0) is 18.2 Å². The molecule has 0 aliphatic rings. The first-order valence-electron chi connectivity index (χ1n) is 5.26. The minimum atomic E-state index is -0.569. The van der Waals surface area contributed by atoms with Crippen molar-refractivity contribution in [1.82, 2.24) is 9.59 Å². The summed E-state index contributed by atoms with van der Waals surface area (Å²) in [6.07, 6.45) is 0. The molecule has 0 amide bonds. The van der Waals surface area contributed by atoms with Gasteiger partial charge in [-0.15, -0.1) is 5.10 Å². The molecule has 5 nitrogen and oxygen atoms in total. The van der Waals surface area contributed by atoms with Crippen LogP contribution in [0.2, 0.25) is 14.4 Å². The second-order valence-electron chi connectivity index (χ2n) is 3.52. The van der Waals surface area contributed by atoms with Crippen molar-refractivity contribution >= 4 is 52.3 Å². The fraction of sp³-hybridized carbons (Fsp3) is 0.182. The van der Waals surface area contributed by atoms with E-state index in [1.54, 1.807) is 12.1 Å². The molecule has 0 bridgehead atoms. The minimum absolute atomic E-state index is 0.0497. The summed E-state index contributed by atoms with van der Waals surface area (Å²) in [5.41, 5.74) is 0.412. The highest BCUT2D eigenvalue weighted by Gasteiger charge is 2.11. The third-order valence-corrected chi connectivity index (χ3v) is 3.63. The van der Waals surface area contributed by atoms with Crippen LogP contribution in [0.15, 0.2) is 18.2 Å². The Balaban J connectivity index is 1.82. The molecule has 0 spiro atoms.